The van der Waals surface area contributed by atoms with E-state index >= 15 is 0 Å². The van der Waals surface area contributed by atoms with Crippen molar-refractivity contribution in [3.63, 3.8) is 0 Å². The maximum atomic E-state index is 12.6. The molecule has 4 amide bonds. The van der Waals surface area contributed by atoms with Gasteiger partial charge in [-0.3, -0.25) is 19.2 Å². The summed E-state index contributed by atoms with van der Waals surface area (Å²) in [5.41, 5.74) is 4.20. The van der Waals surface area contributed by atoms with Crippen LogP contribution in [-0.4, -0.2) is 84.8 Å². The first kappa shape index (κ1) is 36.6. The van der Waals surface area contributed by atoms with Crippen LogP contribution in [0.1, 0.15) is 94.1 Å². The van der Waals surface area contributed by atoms with E-state index in [2.05, 4.69) is 51.6 Å². The van der Waals surface area contributed by atoms with Gasteiger partial charge < -0.3 is 21.3 Å². The molecule has 2 atom stereocenters. The SMILES string of the molecule is O=C(N[C@@H]1CCn2nc(C3CC3)cc2NC1=O)c1ncn(Cc2ccccc2)n1.O=C(N[C@H]1CCn2nc(C3CC3)cc2NC1=O)c1ncn(Cc2ccccc2)n1. The van der Waals surface area contributed by atoms with Gasteiger partial charge in [0.15, 0.2) is 0 Å². The van der Waals surface area contributed by atoms with Gasteiger partial charge in [0.1, 0.15) is 36.4 Å². The first-order valence-corrected chi connectivity index (χ1v) is 19.6. The normalized spacial score (nSPS) is 18.6. The van der Waals surface area contributed by atoms with Crippen molar-refractivity contribution in [2.45, 2.75) is 88.6 Å². The lowest BCUT2D eigenvalue weighted by Gasteiger charge is -2.13. The van der Waals surface area contributed by atoms with Crippen LogP contribution in [0, 0.1) is 0 Å². The summed E-state index contributed by atoms with van der Waals surface area (Å²) in [4.78, 5) is 58.4. The fourth-order valence-electron chi connectivity index (χ4n) is 6.98. The zero-order valence-corrected chi connectivity index (χ0v) is 31.6. The van der Waals surface area contributed by atoms with Gasteiger partial charge in [-0.05, 0) is 49.7 Å². The first-order chi connectivity index (χ1) is 28.3. The van der Waals surface area contributed by atoms with E-state index in [4.69, 9.17) is 0 Å². The highest BCUT2D eigenvalue weighted by molar-refractivity contribution is 6.00. The Morgan fingerprint density at radius 3 is 1.40 bits per heavy atom. The zero-order valence-electron chi connectivity index (χ0n) is 31.6. The maximum Gasteiger partial charge on any atom is 0.291 e. The van der Waals surface area contributed by atoms with E-state index in [1.54, 1.807) is 9.36 Å². The number of carbonyl (C=O) groups excluding carboxylic acids is 4. The van der Waals surface area contributed by atoms with E-state index in [0.717, 1.165) is 48.2 Å². The Balaban J connectivity index is 0.000000150. The molecule has 2 aromatic carbocycles. The Morgan fingerprint density at radius 2 is 1.00 bits per heavy atom. The summed E-state index contributed by atoms with van der Waals surface area (Å²) >= 11 is 0. The number of amides is 4. The van der Waals surface area contributed by atoms with E-state index in [9.17, 15) is 19.2 Å². The molecule has 0 spiro atoms. The number of aryl methyl sites for hydroxylation is 2. The van der Waals surface area contributed by atoms with Crippen molar-refractivity contribution < 1.29 is 19.2 Å². The summed E-state index contributed by atoms with van der Waals surface area (Å²) in [6.07, 6.45) is 8.59. The zero-order chi connectivity index (χ0) is 39.6. The van der Waals surface area contributed by atoms with Gasteiger partial charge in [-0.1, -0.05) is 60.7 Å². The Morgan fingerprint density at radius 1 is 0.586 bits per heavy atom. The Kier molecular flexibility index (Phi) is 10.0. The number of fused-ring (bicyclic) bond motifs is 2. The molecule has 2 fully saturated rings. The second-order valence-corrected chi connectivity index (χ2v) is 15.0. The van der Waals surface area contributed by atoms with Crippen LogP contribution in [0.3, 0.4) is 0 Å². The van der Waals surface area contributed by atoms with Gasteiger partial charge in [0.2, 0.25) is 23.5 Å². The largest absolute Gasteiger partial charge is 0.337 e. The van der Waals surface area contributed by atoms with Gasteiger partial charge in [0.25, 0.3) is 11.8 Å². The molecule has 0 unspecified atom stereocenters. The number of nitrogens with one attached hydrogen (secondary N) is 4. The number of rotatable bonds is 10. The van der Waals surface area contributed by atoms with Crippen LogP contribution in [0.2, 0.25) is 0 Å². The summed E-state index contributed by atoms with van der Waals surface area (Å²) in [6, 6.07) is 22.2. The van der Waals surface area contributed by atoms with Crippen molar-refractivity contribution in [1.29, 1.82) is 0 Å². The second kappa shape index (κ2) is 15.9. The monoisotopic (exact) mass is 782 g/mol. The molecular weight excluding hydrogens is 741 g/mol. The standard InChI is InChI=1S/2C20H21N7O2/c2*28-19-15(8-9-27-17(23-19)10-16(24-27)14-6-7-14)22-20(29)18-21-12-26(25-18)11-13-4-2-1-3-5-13/h2*1-5,10,12,14-15H,6-9,11H2,(H,22,29)(H,23,28)/t2*15-/m10/s1. The van der Waals surface area contributed by atoms with Crippen LogP contribution in [0.15, 0.2) is 85.5 Å². The van der Waals surface area contributed by atoms with Gasteiger partial charge in [-0.25, -0.2) is 28.7 Å². The predicted molar refractivity (Wildman–Crippen MR) is 209 cm³/mol. The third kappa shape index (κ3) is 8.54. The van der Waals surface area contributed by atoms with Crippen LogP contribution in [0.25, 0.3) is 0 Å². The maximum absolute atomic E-state index is 12.6. The average molecular weight is 783 g/mol. The molecule has 18 heteroatoms. The van der Waals surface area contributed by atoms with Crippen LogP contribution >= 0.6 is 0 Å². The summed E-state index contributed by atoms with van der Waals surface area (Å²) in [6.45, 7) is 2.16. The lowest BCUT2D eigenvalue weighted by molar-refractivity contribution is -0.118. The highest BCUT2D eigenvalue weighted by atomic mass is 16.2. The summed E-state index contributed by atoms with van der Waals surface area (Å²) in [5, 5.41) is 28.9. The molecule has 0 radical (unpaired) electrons. The third-order valence-electron chi connectivity index (χ3n) is 10.4. The molecule has 4 aromatic heterocycles. The minimum atomic E-state index is -0.658. The Labute approximate surface area is 332 Å². The van der Waals surface area contributed by atoms with Crippen LogP contribution < -0.4 is 21.3 Å². The van der Waals surface area contributed by atoms with Gasteiger partial charge >= 0.3 is 0 Å². The molecule has 0 bridgehead atoms. The molecule has 2 aliphatic heterocycles. The smallest absolute Gasteiger partial charge is 0.291 e. The summed E-state index contributed by atoms with van der Waals surface area (Å²) in [7, 11) is 0. The molecule has 4 N–H and O–H groups in total. The molecule has 296 valence electrons. The van der Waals surface area contributed by atoms with Crippen molar-refractivity contribution in [2.24, 2.45) is 0 Å². The molecule has 18 nitrogen and oxygen atoms in total. The Hall–Kier alpha value is -6.98. The van der Waals surface area contributed by atoms with Gasteiger partial charge in [0.05, 0.1) is 24.5 Å². The van der Waals surface area contributed by atoms with Crippen molar-refractivity contribution in [3.05, 3.63) is 120 Å². The molecule has 2 saturated carbocycles. The number of anilines is 2. The van der Waals surface area contributed by atoms with Crippen LogP contribution in [0.5, 0.6) is 0 Å². The van der Waals surface area contributed by atoms with E-state index in [1.165, 1.54) is 12.7 Å². The fourth-order valence-corrected chi connectivity index (χ4v) is 6.98. The predicted octanol–water partition coefficient (Wildman–Crippen LogP) is 3.08. The van der Waals surface area contributed by atoms with E-state index in [0.29, 0.717) is 62.5 Å². The molecular formula is C40H42N14O4. The van der Waals surface area contributed by atoms with E-state index in [1.807, 2.05) is 82.2 Å². The van der Waals surface area contributed by atoms with E-state index < -0.39 is 23.9 Å². The van der Waals surface area contributed by atoms with Crippen molar-refractivity contribution in [1.82, 2.24) is 59.7 Å². The first-order valence-electron chi connectivity index (χ1n) is 19.6. The number of benzene rings is 2. The molecule has 6 aromatic rings. The topological polar surface area (TPSA) is 213 Å². The van der Waals surface area contributed by atoms with Crippen molar-refractivity contribution >= 4 is 35.3 Å². The molecule has 10 rings (SSSR count). The molecule has 2 aliphatic carbocycles. The highest BCUT2D eigenvalue weighted by Crippen LogP contribution is 2.41. The lowest BCUT2D eigenvalue weighted by Crippen LogP contribution is -2.43. The number of hydrogen-bond donors (Lipinski definition) is 4. The molecule has 58 heavy (non-hydrogen) atoms. The Bertz CT molecular complexity index is 2270. The average Bonchev–Trinajstić information content (AvgIpc) is 4.10. The summed E-state index contributed by atoms with van der Waals surface area (Å²) in [5.74, 6) is 1.12. The van der Waals surface area contributed by atoms with Crippen LogP contribution in [0.4, 0.5) is 11.6 Å². The van der Waals surface area contributed by atoms with Crippen LogP contribution in [-0.2, 0) is 35.8 Å². The van der Waals surface area contributed by atoms with Gasteiger partial charge in [0, 0.05) is 37.1 Å². The minimum absolute atomic E-state index is 0.0479. The van der Waals surface area contributed by atoms with Gasteiger partial charge in [-0.15, -0.1) is 10.2 Å². The number of carbonyl (C=O) groups is 4. The van der Waals surface area contributed by atoms with Crippen molar-refractivity contribution in [3.8, 4) is 0 Å². The van der Waals surface area contributed by atoms with Crippen molar-refractivity contribution in [2.75, 3.05) is 10.6 Å². The highest BCUT2D eigenvalue weighted by Gasteiger charge is 2.33. The van der Waals surface area contributed by atoms with E-state index in [-0.39, 0.29) is 23.5 Å². The molecule has 0 saturated heterocycles. The number of hydrogen-bond acceptors (Lipinski definition) is 10. The molecule has 6 heterocycles. The minimum Gasteiger partial charge on any atom is -0.337 e. The summed E-state index contributed by atoms with van der Waals surface area (Å²) < 4.78 is 6.83. The molecule has 4 aliphatic rings. The third-order valence-corrected chi connectivity index (χ3v) is 10.4. The lowest BCUT2D eigenvalue weighted by atomic mass is 10.2. The second-order valence-electron chi connectivity index (χ2n) is 15.0. The quantitative estimate of drug-likeness (QED) is 0.159. The fraction of sp³-hybridized carbons (Fsp3) is 0.350. The van der Waals surface area contributed by atoms with Gasteiger partial charge in [-0.2, -0.15) is 10.2 Å². The number of aromatic nitrogens is 10. The number of nitrogens with zero attached hydrogens (tertiary/aromatic N) is 10.